The summed E-state index contributed by atoms with van der Waals surface area (Å²) >= 11 is 0. The minimum absolute atomic E-state index is 0. The summed E-state index contributed by atoms with van der Waals surface area (Å²) in [6.45, 7) is 3.45. The molecule has 1 amide bonds. The van der Waals surface area contributed by atoms with Gasteiger partial charge in [-0.15, -0.1) is 24.0 Å². The molecule has 0 heterocycles. The molecule has 0 saturated heterocycles. The number of nitrogens with zero attached hydrogens (tertiary/aromatic N) is 2. The number of hydrogen-bond acceptors (Lipinski definition) is 2. The van der Waals surface area contributed by atoms with Crippen molar-refractivity contribution in [3.63, 3.8) is 0 Å². The fourth-order valence-electron chi connectivity index (χ4n) is 2.25. The van der Waals surface area contributed by atoms with Gasteiger partial charge in [-0.1, -0.05) is 19.3 Å². The predicted octanol–water partition coefficient (Wildman–Crippen LogP) is 1.97. The minimum Gasteiger partial charge on any atom is -0.357 e. The number of hydrogen-bond donors (Lipinski definition) is 2. The number of nitrogens with one attached hydrogen (secondary N) is 2. The third-order valence-corrected chi connectivity index (χ3v) is 3.38. The summed E-state index contributed by atoms with van der Waals surface area (Å²) in [5.74, 6) is 0.971. The molecule has 0 unspecified atom stereocenters. The highest BCUT2D eigenvalue weighted by molar-refractivity contribution is 14.0. The summed E-state index contributed by atoms with van der Waals surface area (Å²) in [6.07, 6.45) is 6.87. The van der Waals surface area contributed by atoms with Crippen molar-refractivity contribution in [1.29, 1.82) is 0 Å². The van der Waals surface area contributed by atoms with E-state index in [2.05, 4.69) is 22.5 Å². The molecule has 5 nitrogen and oxygen atoms in total. The molecule has 0 bridgehead atoms. The van der Waals surface area contributed by atoms with E-state index in [1.54, 1.807) is 19.0 Å². The third kappa shape index (κ3) is 7.91. The molecule has 1 aliphatic carbocycles. The van der Waals surface area contributed by atoms with Crippen LogP contribution in [0.4, 0.5) is 0 Å². The SMILES string of the molecule is CCNC(=NCCC(=O)N(C)C)NC1CCCCC1.I. The van der Waals surface area contributed by atoms with Crippen LogP contribution in [-0.2, 0) is 4.79 Å². The Labute approximate surface area is 140 Å². The second-order valence-electron chi connectivity index (χ2n) is 5.28. The number of rotatable bonds is 5. The Balaban J connectivity index is 0.00000361. The van der Waals surface area contributed by atoms with Gasteiger partial charge >= 0.3 is 0 Å². The van der Waals surface area contributed by atoms with Crippen LogP contribution in [0.15, 0.2) is 4.99 Å². The van der Waals surface area contributed by atoms with E-state index in [9.17, 15) is 4.79 Å². The van der Waals surface area contributed by atoms with Crippen LogP contribution in [0.2, 0.25) is 0 Å². The Bertz CT molecular complexity index is 302. The molecule has 20 heavy (non-hydrogen) atoms. The van der Waals surface area contributed by atoms with Gasteiger partial charge < -0.3 is 15.5 Å². The molecule has 1 saturated carbocycles. The number of amides is 1. The maximum atomic E-state index is 11.5. The summed E-state index contributed by atoms with van der Waals surface area (Å²) in [6, 6.07) is 0.538. The van der Waals surface area contributed by atoms with Crippen LogP contribution >= 0.6 is 24.0 Å². The molecular formula is C14H29IN4O. The molecule has 118 valence electrons. The van der Waals surface area contributed by atoms with E-state index < -0.39 is 0 Å². The largest absolute Gasteiger partial charge is 0.357 e. The van der Waals surface area contributed by atoms with Crippen molar-refractivity contribution in [1.82, 2.24) is 15.5 Å². The summed E-state index contributed by atoms with van der Waals surface area (Å²) < 4.78 is 0. The van der Waals surface area contributed by atoms with E-state index in [-0.39, 0.29) is 29.9 Å². The minimum atomic E-state index is 0. The van der Waals surface area contributed by atoms with Crippen molar-refractivity contribution in [3.8, 4) is 0 Å². The molecule has 0 aromatic carbocycles. The Morgan fingerprint density at radius 1 is 1.25 bits per heavy atom. The monoisotopic (exact) mass is 396 g/mol. The molecule has 1 aliphatic rings. The molecule has 1 fully saturated rings. The lowest BCUT2D eigenvalue weighted by Crippen LogP contribution is -2.44. The highest BCUT2D eigenvalue weighted by atomic mass is 127. The van der Waals surface area contributed by atoms with E-state index in [0.717, 1.165) is 12.5 Å². The standard InChI is InChI=1S/C14H28N4O.HI/c1-4-15-14(16-11-10-13(19)18(2)3)17-12-8-6-5-7-9-12;/h12H,4-11H2,1-3H3,(H2,15,16,17);1H. The first-order valence-corrected chi connectivity index (χ1v) is 7.38. The van der Waals surface area contributed by atoms with Crippen LogP contribution in [-0.4, -0.2) is 50.0 Å². The molecule has 0 aromatic rings. The zero-order valence-electron chi connectivity index (χ0n) is 12.9. The number of aliphatic imine (C=N–C) groups is 1. The molecule has 0 aliphatic heterocycles. The Kier molecular flexibility index (Phi) is 10.9. The van der Waals surface area contributed by atoms with Gasteiger partial charge in [0.05, 0.1) is 6.54 Å². The van der Waals surface area contributed by atoms with Gasteiger partial charge in [-0.3, -0.25) is 9.79 Å². The quantitative estimate of drug-likeness (QED) is 0.425. The van der Waals surface area contributed by atoms with Crippen LogP contribution < -0.4 is 10.6 Å². The number of carbonyl (C=O) groups excluding carboxylic acids is 1. The fraction of sp³-hybridized carbons (Fsp3) is 0.857. The molecule has 6 heteroatoms. The van der Waals surface area contributed by atoms with Gasteiger partial charge in [-0.25, -0.2) is 0 Å². The average Bonchev–Trinajstić information content (AvgIpc) is 2.39. The molecule has 0 spiro atoms. The molecule has 0 aromatic heterocycles. The zero-order valence-corrected chi connectivity index (χ0v) is 15.3. The van der Waals surface area contributed by atoms with E-state index in [0.29, 0.717) is 19.0 Å². The lowest BCUT2D eigenvalue weighted by atomic mass is 9.96. The van der Waals surface area contributed by atoms with Crippen LogP contribution in [0, 0.1) is 0 Å². The lowest BCUT2D eigenvalue weighted by Gasteiger charge is -2.24. The molecule has 0 radical (unpaired) electrons. The van der Waals surface area contributed by atoms with Crippen LogP contribution in [0.25, 0.3) is 0 Å². The Morgan fingerprint density at radius 3 is 2.45 bits per heavy atom. The maximum absolute atomic E-state index is 11.5. The van der Waals surface area contributed by atoms with E-state index in [1.165, 1.54) is 32.1 Å². The first kappa shape index (κ1) is 19.5. The normalized spacial score (nSPS) is 16.2. The summed E-state index contributed by atoms with van der Waals surface area (Å²) in [7, 11) is 3.55. The highest BCUT2D eigenvalue weighted by Crippen LogP contribution is 2.17. The topological polar surface area (TPSA) is 56.7 Å². The Morgan fingerprint density at radius 2 is 1.90 bits per heavy atom. The van der Waals surface area contributed by atoms with Crippen LogP contribution in [0.1, 0.15) is 45.4 Å². The first-order chi connectivity index (χ1) is 9.13. The molecular weight excluding hydrogens is 367 g/mol. The number of guanidine groups is 1. The first-order valence-electron chi connectivity index (χ1n) is 7.38. The van der Waals surface area contributed by atoms with Gasteiger partial charge in [0.2, 0.25) is 5.91 Å². The van der Waals surface area contributed by atoms with Crippen molar-refractivity contribution in [2.45, 2.75) is 51.5 Å². The van der Waals surface area contributed by atoms with Crippen molar-refractivity contribution >= 4 is 35.8 Å². The van der Waals surface area contributed by atoms with E-state index in [4.69, 9.17) is 0 Å². The van der Waals surface area contributed by atoms with Crippen LogP contribution in [0.5, 0.6) is 0 Å². The zero-order chi connectivity index (χ0) is 14.1. The van der Waals surface area contributed by atoms with Crippen molar-refractivity contribution in [3.05, 3.63) is 0 Å². The predicted molar refractivity (Wildman–Crippen MR) is 94.7 cm³/mol. The molecule has 0 atom stereocenters. The van der Waals surface area contributed by atoms with Gasteiger partial charge in [0.15, 0.2) is 5.96 Å². The van der Waals surface area contributed by atoms with E-state index >= 15 is 0 Å². The van der Waals surface area contributed by atoms with Gasteiger partial charge in [0.1, 0.15) is 0 Å². The lowest BCUT2D eigenvalue weighted by molar-refractivity contribution is -0.128. The average molecular weight is 396 g/mol. The summed E-state index contributed by atoms with van der Waals surface area (Å²) in [5, 5.41) is 6.72. The molecule has 2 N–H and O–H groups in total. The Hall–Kier alpha value is -0.530. The van der Waals surface area contributed by atoms with Crippen molar-refractivity contribution in [2.24, 2.45) is 4.99 Å². The van der Waals surface area contributed by atoms with Gasteiger partial charge in [0.25, 0.3) is 0 Å². The van der Waals surface area contributed by atoms with E-state index in [1.807, 2.05) is 0 Å². The van der Waals surface area contributed by atoms with Gasteiger partial charge in [-0.2, -0.15) is 0 Å². The van der Waals surface area contributed by atoms with Crippen molar-refractivity contribution in [2.75, 3.05) is 27.2 Å². The maximum Gasteiger partial charge on any atom is 0.223 e. The van der Waals surface area contributed by atoms with Gasteiger partial charge in [-0.05, 0) is 19.8 Å². The highest BCUT2D eigenvalue weighted by Gasteiger charge is 2.14. The number of halogens is 1. The second kappa shape index (κ2) is 11.2. The second-order valence-corrected chi connectivity index (χ2v) is 5.28. The number of carbonyl (C=O) groups is 1. The van der Waals surface area contributed by atoms with Gasteiger partial charge in [0, 0.05) is 33.1 Å². The summed E-state index contributed by atoms with van der Waals surface area (Å²) in [4.78, 5) is 17.6. The summed E-state index contributed by atoms with van der Waals surface area (Å²) in [5.41, 5.74) is 0. The molecule has 1 rings (SSSR count). The fourth-order valence-corrected chi connectivity index (χ4v) is 2.25. The van der Waals surface area contributed by atoms with Crippen molar-refractivity contribution < 1.29 is 4.79 Å². The van der Waals surface area contributed by atoms with Crippen LogP contribution in [0.3, 0.4) is 0 Å². The third-order valence-electron chi connectivity index (χ3n) is 3.38. The smallest absolute Gasteiger partial charge is 0.223 e.